The highest BCUT2D eigenvalue weighted by molar-refractivity contribution is 9.10. The van der Waals surface area contributed by atoms with Gasteiger partial charge in [0.05, 0.1) is 4.90 Å². The number of aromatic nitrogens is 1. The highest BCUT2D eigenvalue weighted by Crippen LogP contribution is 2.33. The molecule has 0 aliphatic carbocycles. The molecule has 0 bridgehead atoms. The molecule has 0 spiro atoms. The van der Waals surface area contributed by atoms with Gasteiger partial charge in [0.25, 0.3) is 0 Å². The van der Waals surface area contributed by atoms with Crippen molar-refractivity contribution in [3.63, 3.8) is 0 Å². The van der Waals surface area contributed by atoms with Crippen molar-refractivity contribution in [3.05, 3.63) is 94.2 Å². The Bertz CT molecular complexity index is 1300. The van der Waals surface area contributed by atoms with E-state index in [0.717, 1.165) is 15.6 Å². The molecule has 0 fully saturated rings. The van der Waals surface area contributed by atoms with Gasteiger partial charge in [-0.3, -0.25) is 0 Å². The molecule has 8 heteroatoms. The lowest BCUT2D eigenvalue weighted by atomic mass is 10.1. The fourth-order valence-corrected chi connectivity index (χ4v) is 4.47. The summed E-state index contributed by atoms with van der Waals surface area (Å²) in [5.41, 5.74) is 2.49. The predicted molar refractivity (Wildman–Crippen MR) is 120 cm³/mol. The Labute approximate surface area is 188 Å². The minimum Gasteiger partial charge on any atom is -0.419 e. The Hall–Kier alpha value is -2.97. The van der Waals surface area contributed by atoms with Gasteiger partial charge in [0.15, 0.2) is 0 Å². The van der Waals surface area contributed by atoms with E-state index in [9.17, 15) is 12.8 Å². The second-order valence-corrected chi connectivity index (χ2v) is 9.74. The first-order valence-electron chi connectivity index (χ1n) is 9.40. The minimum atomic E-state index is -3.94. The van der Waals surface area contributed by atoms with Crippen molar-refractivity contribution in [2.75, 3.05) is 5.32 Å². The van der Waals surface area contributed by atoms with E-state index in [1.54, 1.807) is 24.3 Å². The van der Waals surface area contributed by atoms with Crippen molar-refractivity contribution < 1.29 is 17.2 Å². The van der Waals surface area contributed by atoms with Crippen LogP contribution in [0.1, 0.15) is 11.1 Å². The van der Waals surface area contributed by atoms with E-state index in [1.807, 2.05) is 31.2 Å². The van der Waals surface area contributed by atoms with Gasteiger partial charge in [-0.05, 0) is 61.0 Å². The first-order chi connectivity index (χ1) is 14.8. The lowest BCUT2D eigenvalue weighted by Crippen LogP contribution is -2.07. The second-order valence-electron chi connectivity index (χ2n) is 6.96. The van der Waals surface area contributed by atoms with Crippen molar-refractivity contribution in [2.24, 2.45) is 0 Å². The standard InChI is InChI=1S/C23H18BrFN2O3S/c1-15-2-6-17(7-3-15)21-27-23(31(28,29)20-12-8-18(24)9-13-20)22(30-21)26-14-16-4-10-19(25)11-5-16/h2-13,26H,14H2,1H3. The summed E-state index contributed by atoms with van der Waals surface area (Å²) in [6.07, 6.45) is 0. The second kappa shape index (κ2) is 8.64. The van der Waals surface area contributed by atoms with Gasteiger partial charge in [0.2, 0.25) is 26.6 Å². The summed E-state index contributed by atoms with van der Waals surface area (Å²) in [7, 11) is -3.94. The highest BCUT2D eigenvalue weighted by atomic mass is 79.9. The van der Waals surface area contributed by atoms with Crippen LogP contribution in [0.15, 0.2) is 91.6 Å². The summed E-state index contributed by atoms with van der Waals surface area (Å²) < 4.78 is 46.4. The van der Waals surface area contributed by atoms with Crippen LogP contribution in [0.25, 0.3) is 11.5 Å². The van der Waals surface area contributed by atoms with Crippen molar-refractivity contribution in [2.45, 2.75) is 23.4 Å². The zero-order chi connectivity index (χ0) is 22.0. The summed E-state index contributed by atoms with van der Waals surface area (Å²) in [6, 6.07) is 19.7. The van der Waals surface area contributed by atoms with Crippen LogP contribution in [0.3, 0.4) is 0 Å². The quantitative estimate of drug-likeness (QED) is 0.351. The Balaban J connectivity index is 1.74. The normalized spacial score (nSPS) is 11.5. The SMILES string of the molecule is Cc1ccc(-c2nc(S(=O)(=O)c3ccc(Br)cc3)c(NCc3ccc(F)cc3)o2)cc1. The van der Waals surface area contributed by atoms with Gasteiger partial charge in [-0.15, -0.1) is 0 Å². The Kier molecular flexibility index (Phi) is 5.93. The average molecular weight is 501 g/mol. The summed E-state index contributed by atoms with van der Waals surface area (Å²) in [4.78, 5) is 4.42. The third-order valence-corrected chi connectivity index (χ3v) is 6.85. The third-order valence-electron chi connectivity index (χ3n) is 4.64. The van der Waals surface area contributed by atoms with Gasteiger partial charge in [-0.25, -0.2) is 12.8 Å². The molecule has 1 N–H and O–H groups in total. The van der Waals surface area contributed by atoms with Gasteiger partial charge >= 0.3 is 0 Å². The first-order valence-corrected chi connectivity index (χ1v) is 11.7. The van der Waals surface area contributed by atoms with Crippen LogP contribution < -0.4 is 5.32 Å². The van der Waals surface area contributed by atoms with E-state index in [4.69, 9.17) is 4.42 Å². The number of aryl methyl sites for hydroxylation is 1. The van der Waals surface area contributed by atoms with Gasteiger partial charge in [0.1, 0.15) is 5.82 Å². The lowest BCUT2D eigenvalue weighted by molar-refractivity contribution is 0.576. The fourth-order valence-electron chi connectivity index (χ4n) is 2.93. The van der Waals surface area contributed by atoms with E-state index < -0.39 is 9.84 Å². The number of halogens is 2. The van der Waals surface area contributed by atoms with Gasteiger partial charge in [-0.2, -0.15) is 4.98 Å². The molecule has 0 saturated heterocycles. The topological polar surface area (TPSA) is 72.2 Å². The van der Waals surface area contributed by atoms with Crippen molar-refractivity contribution in [1.82, 2.24) is 4.98 Å². The Morgan fingerprint density at radius 1 is 0.968 bits per heavy atom. The van der Waals surface area contributed by atoms with Crippen LogP contribution in [0.2, 0.25) is 0 Å². The molecule has 31 heavy (non-hydrogen) atoms. The summed E-state index contributed by atoms with van der Waals surface area (Å²) >= 11 is 3.31. The summed E-state index contributed by atoms with van der Waals surface area (Å²) in [6.45, 7) is 2.20. The smallest absolute Gasteiger partial charge is 0.234 e. The minimum absolute atomic E-state index is 0.0304. The number of oxazole rings is 1. The summed E-state index contributed by atoms with van der Waals surface area (Å²) in [5, 5.41) is 2.80. The third kappa shape index (κ3) is 4.70. The van der Waals surface area contributed by atoms with Crippen LogP contribution in [-0.2, 0) is 16.4 Å². The van der Waals surface area contributed by atoms with E-state index in [-0.39, 0.29) is 34.1 Å². The van der Waals surface area contributed by atoms with Crippen LogP contribution in [0.4, 0.5) is 10.3 Å². The number of hydrogen-bond donors (Lipinski definition) is 1. The Morgan fingerprint density at radius 3 is 2.26 bits per heavy atom. The highest BCUT2D eigenvalue weighted by Gasteiger charge is 2.28. The van der Waals surface area contributed by atoms with Crippen molar-refractivity contribution >= 4 is 31.7 Å². The zero-order valence-electron chi connectivity index (χ0n) is 16.5. The van der Waals surface area contributed by atoms with E-state index in [2.05, 4.69) is 26.2 Å². The van der Waals surface area contributed by atoms with Crippen LogP contribution in [0, 0.1) is 12.7 Å². The van der Waals surface area contributed by atoms with E-state index in [1.165, 1.54) is 24.3 Å². The number of rotatable bonds is 6. The van der Waals surface area contributed by atoms with Crippen LogP contribution in [0.5, 0.6) is 0 Å². The molecule has 0 unspecified atom stereocenters. The molecule has 158 valence electrons. The molecule has 1 aromatic heterocycles. The zero-order valence-corrected chi connectivity index (χ0v) is 18.9. The number of benzene rings is 3. The molecule has 0 aliphatic rings. The molecule has 0 aliphatic heterocycles. The molecule has 4 aromatic rings. The molecular formula is C23H18BrFN2O3S. The number of anilines is 1. The maximum Gasteiger partial charge on any atom is 0.234 e. The van der Waals surface area contributed by atoms with Crippen molar-refractivity contribution in [1.29, 1.82) is 0 Å². The average Bonchev–Trinajstić information content (AvgIpc) is 3.19. The monoisotopic (exact) mass is 500 g/mol. The van der Waals surface area contributed by atoms with Crippen LogP contribution >= 0.6 is 15.9 Å². The molecule has 3 aromatic carbocycles. The molecule has 0 amide bonds. The molecular weight excluding hydrogens is 483 g/mol. The maximum absolute atomic E-state index is 13.3. The van der Waals surface area contributed by atoms with E-state index in [0.29, 0.717) is 5.56 Å². The molecule has 5 nitrogen and oxygen atoms in total. The molecule has 4 rings (SSSR count). The lowest BCUT2D eigenvalue weighted by Gasteiger charge is -2.06. The Morgan fingerprint density at radius 2 is 1.61 bits per heavy atom. The fraction of sp³-hybridized carbons (Fsp3) is 0.0870. The molecule has 1 heterocycles. The van der Waals surface area contributed by atoms with Gasteiger partial charge in [0, 0.05) is 16.6 Å². The number of nitrogens with one attached hydrogen (secondary N) is 1. The number of sulfone groups is 1. The molecule has 0 radical (unpaired) electrons. The van der Waals surface area contributed by atoms with Crippen LogP contribution in [-0.4, -0.2) is 13.4 Å². The maximum atomic E-state index is 13.3. The number of nitrogens with zero attached hydrogens (tertiary/aromatic N) is 1. The van der Waals surface area contributed by atoms with Gasteiger partial charge in [-0.1, -0.05) is 45.8 Å². The molecule has 0 saturated carbocycles. The van der Waals surface area contributed by atoms with Gasteiger partial charge < -0.3 is 9.73 Å². The van der Waals surface area contributed by atoms with E-state index >= 15 is 0 Å². The van der Waals surface area contributed by atoms with Crippen molar-refractivity contribution in [3.8, 4) is 11.5 Å². The molecule has 0 atom stereocenters. The predicted octanol–water partition coefficient (Wildman–Crippen LogP) is 6.00. The number of hydrogen-bond acceptors (Lipinski definition) is 5. The largest absolute Gasteiger partial charge is 0.419 e. The summed E-state index contributed by atoms with van der Waals surface area (Å²) in [5.74, 6) is -0.122. The first kappa shape index (κ1) is 21.3.